The number of aryl methyl sites for hydroxylation is 2. The summed E-state index contributed by atoms with van der Waals surface area (Å²) in [4.78, 5) is 18.1. The van der Waals surface area contributed by atoms with E-state index in [4.69, 9.17) is 5.73 Å². The lowest BCUT2D eigenvalue weighted by atomic mass is 10.0. The van der Waals surface area contributed by atoms with E-state index in [0.29, 0.717) is 13.1 Å². The summed E-state index contributed by atoms with van der Waals surface area (Å²) in [6, 6.07) is 5.77. The van der Waals surface area contributed by atoms with Gasteiger partial charge in [0.15, 0.2) is 5.96 Å². The molecule has 5 heteroatoms. The molecule has 0 atom stereocenters. The van der Waals surface area contributed by atoms with Crippen molar-refractivity contribution in [3.05, 3.63) is 42.0 Å². The molecule has 0 saturated carbocycles. The number of carbonyl (C=O) groups is 1. The Bertz CT molecular complexity index is 537. The van der Waals surface area contributed by atoms with Gasteiger partial charge in [0.1, 0.15) is 0 Å². The van der Waals surface area contributed by atoms with Gasteiger partial charge in [0, 0.05) is 6.54 Å². The molecular weight excluding hydrogens is 264 g/mol. The Kier molecular flexibility index (Phi) is 6.46. The lowest BCUT2D eigenvalue weighted by Gasteiger charge is -2.25. The van der Waals surface area contributed by atoms with Crippen LogP contribution in [0.1, 0.15) is 25.0 Å². The van der Waals surface area contributed by atoms with E-state index < -0.39 is 0 Å². The molecule has 0 unspecified atom stereocenters. The van der Waals surface area contributed by atoms with Gasteiger partial charge in [0.2, 0.25) is 0 Å². The maximum atomic E-state index is 12.4. The molecule has 1 aromatic carbocycles. The van der Waals surface area contributed by atoms with Gasteiger partial charge in [0.25, 0.3) is 0 Å². The molecule has 3 N–H and O–H groups in total. The fourth-order valence-electron chi connectivity index (χ4n) is 2.17. The van der Waals surface area contributed by atoms with Crippen LogP contribution in [0.15, 0.2) is 35.8 Å². The first kappa shape index (κ1) is 16.8. The zero-order valence-corrected chi connectivity index (χ0v) is 13.0. The van der Waals surface area contributed by atoms with Crippen LogP contribution in [0.5, 0.6) is 0 Å². The Morgan fingerprint density at radius 2 is 2.19 bits per heavy atom. The molecule has 0 aromatic heterocycles. The SMILES string of the molecule is C=CCN=C(N)NC(=O)N(CC)c1c(C)cccc1CC. The fourth-order valence-corrected chi connectivity index (χ4v) is 2.17. The fraction of sp³-hybridized carbons (Fsp3) is 0.375. The molecule has 0 heterocycles. The standard InChI is InChI=1S/C16H24N4O/c1-5-11-18-15(17)19-16(21)20(7-3)14-12(4)9-8-10-13(14)6-2/h5,8-10H,1,6-7,11H2,2-4H3,(H3,17,18,19,21). The third-order valence-corrected chi connectivity index (χ3v) is 3.16. The predicted octanol–water partition coefficient (Wildman–Crippen LogP) is 2.59. The smallest absolute Gasteiger partial charge is 0.328 e. The summed E-state index contributed by atoms with van der Waals surface area (Å²) in [6.07, 6.45) is 2.48. The zero-order valence-electron chi connectivity index (χ0n) is 13.0. The molecule has 1 rings (SSSR count). The second kappa shape index (κ2) is 8.09. The lowest BCUT2D eigenvalue weighted by Crippen LogP contribution is -2.46. The van der Waals surface area contributed by atoms with Gasteiger partial charge in [-0.25, -0.2) is 9.79 Å². The average Bonchev–Trinajstić information content (AvgIpc) is 2.47. The summed E-state index contributed by atoms with van der Waals surface area (Å²) < 4.78 is 0. The maximum Gasteiger partial charge on any atom is 0.328 e. The van der Waals surface area contributed by atoms with Crippen molar-refractivity contribution in [2.45, 2.75) is 27.2 Å². The van der Waals surface area contributed by atoms with E-state index in [9.17, 15) is 4.79 Å². The molecule has 0 aliphatic carbocycles. The number of carbonyl (C=O) groups excluding carboxylic acids is 1. The van der Waals surface area contributed by atoms with Crippen molar-refractivity contribution in [2.75, 3.05) is 18.0 Å². The third-order valence-electron chi connectivity index (χ3n) is 3.16. The van der Waals surface area contributed by atoms with Gasteiger partial charge in [-0.15, -0.1) is 6.58 Å². The van der Waals surface area contributed by atoms with Crippen LogP contribution in [0, 0.1) is 6.92 Å². The van der Waals surface area contributed by atoms with Crippen molar-refractivity contribution in [2.24, 2.45) is 10.7 Å². The molecule has 114 valence electrons. The van der Waals surface area contributed by atoms with Crippen LogP contribution in [0.3, 0.4) is 0 Å². The van der Waals surface area contributed by atoms with Gasteiger partial charge in [-0.2, -0.15) is 0 Å². The number of nitrogens with two attached hydrogens (primary N) is 1. The molecule has 2 amide bonds. The minimum Gasteiger partial charge on any atom is -0.370 e. The second-order valence-corrected chi connectivity index (χ2v) is 4.63. The summed E-state index contributed by atoms with van der Waals surface area (Å²) in [5.74, 6) is 0.102. The van der Waals surface area contributed by atoms with E-state index in [0.717, 1.165) is 23.2 Å². The number of rotatable bonds is 5. The van der Waals surface area contributed by atoms with E-state index in [1.807, 2.05) is 32.0 Å². The van der Waals surface area contributed by atoms with Crippen LogP contribution in [0.25, 0.3) is 0 Å². The number of urea groups is 1. The van der Waals surface area contributed by atoms with Crippen LogP contribution in [-0.2, 0) is 6.42 Å². The first-order chi connectivity index (χ1) is 10.0. The number of amides is 2. The Labute approximate surface area is 126 Å². The topological polar surface area (TPSA) is 70.7 Å². The van der Waals surface area contributed by atoms with Crippen LogP contribution in [-0.4, -0.2) is 25.1 Å². The number of benzene rings is 1. The molecule has 5 nitrogen and oxygen atoms in total. The molecule has 0 aliphatic rings. The van der Waals surface area contributed by atoms with Crippen LogP contribution in [0.4, 0.5) is 10.5 Å². The predicted molar refractivity (Wildman–Crippen MR) is 88.8 cm³/mol. The number of anilines is 1. The monoisotopic (exact) mass is 288 g/mol. The van der Waals surface area contributed by atoms with Crippen molar-refractivity contribution in [1.29, 1.82) is 0 Å². The molecule has 0 aliphatic heterocycles. The van der Waals surface area contributed by atoms with Crippen molar-refractivity contribution in [3.63, 3.8) is 0 Å². The number of hydrogen-bond acceptors (Lipinski definition) is 2. The molecule has 21 heavy (non-hydrogen) atoms. The van der Waals surface area contributed by atoms with E-state index >= 15 is 0 Å². The van der Waals surface area contributed by atoms with E-state index in [1.165, 1.54) is 0 Å². The highest BCUT2D eigenvalue weighted by atomic mass is 16.2. The zero-order chi connectivity index (χ0) is 15.8. The molecule has 0 bridgehead atoms. The molecular formula is C16H24N4O. The highest BCUT2D eigenvalue weighted by molar-refractivity contribution is 6.04. The van der Waals surface area contributed by atoms with Crippen molar-refractivity contribution in [1.82, 2.24) is 5.32 Å². The lowest BCUT2D eigenvalue weighted by molar-refractivity contribution is 0.250. The summed E-state index contributed by atoms with van der Waals surface area (Å²) in [5.41, 5.74) is 8.82. The molecule has 0 saturated heterocycles. The highest BCUT2D eigenvalue weighted by Crippen LogP contribution is 2.25. The summed E-state index contributed by atoms with van der Waals surface area (Å²) in [7, 11) is 0. The van der Waals surface area contributed by atoms with Crippen LogP contribution < -0.4 is 16.0 Å². The van der Waals surface area contributed by atoms with Crippen molar-refractivity contribution >= 4 is 17.7 Å². The quantitative estimate of drug-likeness (QED) is 0.496. The van der Waals surface area contributed by atoms with Gasteiger partial charge in [-0.1, -0.05) is 31.2 Å². The molecule has 0 radical (unpaired) electrons. The van der Waals surface area contributed by atoms with Crippen molar-refractivity contribution in [3.8, 4) is 0 Å². The van der Waals surface area contributed by atoms with Gasteiger partial charge in [-0.05, 0) is 31.4 Å². The summed E-state index contributed by atoms with van der Waals surface area (Å²) in [6.45, 7) is 10.5. The Morgan fingerprint density at radius 3 is 2.76 bits per heavy atom. The molecule has 0 spiro atoms. The van der Waals surface area contributed by atoms with Crippen LogP contribution in [0.2, 0.25) is 0 Å². The maximum absolute atomic E-state index is 12.4. The van der Waals surface area contributed by atoms with E-state index in [-0.39, 0.29) is 12.0 Å². The van der Waals surface area contributed by atoms with Gasteiger partial charge < -0.3 is 5.73 Å². The Balaban J connectivity index is 3.03. The number of hydrogen-bond donors (Lipinski definition) is 2. The number of nitrogens with zero attached hydrogens (tertiary/aromatic N) is 2. The first-order valence-electron chi connectivity index (χ1n) is 7.12. The summed E-state index contributed by atoms with van der Waals surface area (Å²) >= 11 is 0. The van der Waals surface area contributed by atoms with Gasteiger partial charge in [0.05, 0.1) is 12.2 Å². The summed E-state index contributed by atoms with van der Waals surface area (Å²) in [5, 5.41) is 2.61. The van der Waals surface area contributed by atoms with Gasteiger partial charge in [-0.3, -0.25) is 10.2 Å². The number of para-hydroxylation sites is 1. The third kappa shape index (κ3) is 4.34. The van der Waals surface area contributed by atoms with Gasteiger partial charge >= 0.3 is 6.03 Å². The normalized spacial score (nSPS) is 11.1. The number of aliphatic imine (C=N–C) groups is 1. The average molecular weight is 288 g/mol. The minimum absolute atomic E-state index is 0.102. The molecule has 1 aromatic rings. The van der Waals surface area contributed by atoms with Crippen molar-refractivity contribution < 1.29 is 4.79 Å². The van der Waals surface area contributed by atoms with Crippen LogP contribution >= 0.6 is 0 Å². The van der Waals surface area contributed by atoms with E-state index in [1.54, 1.807) is 11.0 Å². The Morgan fingerprint density at radius 1 is 1.48 bits per heavy atom. The minimum atomic E-state index is -0.271. The largest absolute Gasteiger partial charge is 0.370 e. The number of nitrogens with one attached hydrogen (secondary N) is 1. The highest BCUT2D eigenvalue weighted by Gasteiger charge is 2.19. The first-order valence-corrected chi connectivity index (χ1v) is 7.12. The second-order valence-electron chi connectivity index (χ2n) is 4.63. The van der Waals surface area contributed by atoms with E-state index in [2.05, 4.69) is 23.8 Å². The number of guanidine groups is 1. The Hall–Kier alpha value is -2.30. The molecule has 0 fully saturated rings.